The maximum absolute atomic E-state index is 5.37. The molecule has 1 aliphatic heterocycles. The highest BCUT2D eigenvalue weighted by Crippen LogP contribution is 2.20. The summed E-state index contributed by atoms with van der Waals surface area (Å²) < 4.78 is 0. The smallest absolute Gasteiger partial charge is 0.171 e. The van der Waals surface area contributed by atoms with Gasteiger partial charge in [0.2, 0.25) is 0 Å². The molecule has 1 saturated heterocycles. The van der Waals surface area contributed by atoms with E-state index in [4.69, 9.17) is 12.2 Å². The normalized spacial score (nSPS) is 19.5. The van der Waals surface area contributed by atoms with Crippen LogP contribution in [0.2, 0.25) is 0 Å². The summed E-state index contributed by atoms with van der Waals surface area (Å²) in [5.74, 6) is 1.08. The molecule has 1 aromatic rings. The first-order chi connectivity index (χ1) is 10.3. The van der Waals surface area contributed by atoms with Gasteiger partial charge in [-0.15, -0.1) is 0 Å². The summed E-state index contributed by atoms with van der Waals surface area (Å²) in [5, 5.41) is 7.34. The van der Waals surface area contributed by atoms with Crippen molar-refractivity contribution in [3.63, 3.8) is 0 Å². The van der Waals surface area contributed by atoms with Crippen LogP contribution in [0.25, 0.3) is 0 Å². The Morgan fingerprint density at radius 3 is 2.52 bits per heavy atom. The van der Waals surface area contributed by atoms with Crippen molar-refractivity contribution in [3.05, 3.63) is 18.3 Å². The second kappa shape index (κ2) is 7.07. The van der Waals surface area contributed by atoms with Crippen molar-refractivity contribution in [2.24, 2.45) is 0 Å². The minimum atomic E-state index is 0.547. The molecule has 0 spiro atoms. The molecule has 0 unspecified atom stereocenters. The lowest BCUT2D eigenvalue weighted by molar-refractivity contribution is 0.573. The molecule has 0 amide bonds. The molecule has 2 fully saturated rings. The third-order valence-corrected chi connectivity index (χ3v) is 4.60. The van der Waals surface area contributed by atoms with E-state index in [0.717, 1.165) is 29.7 Å². The Kier molecular flexibility index (Phi) is 4.91. The van der Waals surface area contributed by atoms with Gasteiger partial charge in [0.25, 0.3) is 0 Å². The summed E-state index contributed by atoms with van der Waals surface area (Å²) in [4.78, 5) is 6.93. The summed E-state index contributed by atoms with van der Waals surface area (Å²) in [6.45, 7) is 2.25. The molecular formula is C16H24N4S. The molecule has 5 heteroatoms. The summed E-state index contributed by atoms with van der Waals surface area (Å²) >= 11 is 5.37. The molecule has 0 atom stereocenters. The number of thiocarbonyl (C=S) groups is 1. The van der Waals surface area contributed by atoms with Crippen molar-refractivity contribution in [1.82, 2.24) is 10.3 Å². The van der Waals surface area contributed by atoms with Crippen LogP contribution >= 0.6 is 12.2 Å². The number of piperidine rings is 1. The summed E-state index contributed by atoms with van der Waals surface area (Å²) in [6, 6.07) is 4.70. The monoisotopic (exact) mass is 304 g/mol. The maximum Gasteiger partial charge on any atom is 0.171 e. The van der Waals surface area contributed by atoms with E-state index < -0.39 is 0 Å². The van der Waals surface area contributed by atoms with Crippen LogP contribution < -0.4 is 15.5 Å². The zero-order chi connectivity index (χ0) is 14.5. The molecule has 0 radical (unpaired) electrons. The van der Waals surface area contributed by atoms with Crippen LogP contribution in [0.15, 0.2) is 18.3 Å². The van der Waals surface area contributed by atoms with Gasteiger partial charge < -0.3 is 15.5 Å². The van der Waals surface area contributed by atoms with Crippen LogP contribution in [0.4, 0.5) is 11.5 Å². The molecule has 0 bridgehead atoms. The molecule has 1 saturated carbocycles. The lowest BCUT2D eigenvalue weighted by Gasteiger charge is -2.27. The zero-order valence-corrected chi connectivity index (χ0v) is 13.3. The van der Waals surface area contributed by atoms with Gasteiger partial charge in [-0.3, -0.25) is 0 Å². The third kappa shape index (κ3) is 4.06. The number of aromatic nitrogens is 1. The summed E-state index contributed by atoms with van der Waals surface area (Å²) in [6.07, 6.45) is 10.9. The van der Waals surface area contributed by atoms with Crippen molar-refractivity contribution >= 4 is 28.8 Å². The van der Waals surface area contributed by atoms with Crippen molar-refractivity contribution < 1.29 is 0 Å². The molecule has 1 aliphatic carbocycles. The fourth-order valence-corrected chi connectivity index (χ4v) is 3.48. The van der Waals surface area contributed by atoms with Gasteiger partial charge in [0, 0.05) is 19.1 Å². The molecule has 2 aliphatic rings. The van der Waals surface area contributed by atoms with E-state index in [1.54, 1.807) is 0 Å². The highest BCUT2D eigenvalue weighted by Gasteiger charge is 2.16. The third-order valence-electron chi connectivity index (χ3n) is 4.38. The Morgan fingerprint density at radius 1 is 1.10 bits per heavy atom. The molecule has 2 heterocycles. The number of hydrogen-bond acceptors (Lipinski definition) is 3. The van der Waals surface area contributed by atoms with Gasteiger partial charge in [0.1, 0.15) is 5.82 Å². The van der Waals surface area contributed by atoms with Crippen LogP contribution in [-0.4, -0.2) is 29.2 Å². The minimum absolute atomic E-state index is 0.547. The molecular weight excluding hydrogens is 280 g/mol. The molecule has 3 rings (SSSR count). The fraction of sp³-hybridized carbons (Fsp3) is 0.625. The molecule has 114 valence electrons. The number of hydrogen-bond donors (Lipinski definition) is 2. The second-order valence-electron chi connectivity index (χ2n) is 6.03. The van der Waals surface area contributed by atoms with Crippen LogP contribution in [-0.2, 0) is 0 Å². The molecule has 21 heavy (non-hydrogen) atoms. The number of nitrogens with zero attached hydrogens (tertiary/aromatic N) is 2. The number of rotatable bonds is 3. The molecule has 4 nitrogen and oxygen atoms in total. The van der Waals surface area contributed by atoms with Crippen molar-refractivity contribution in [1.29, 1.82) is 0 Å². The van der Waals surface area contributed by atoms with Gasteiger partial charge in [-0.2, -0.15) is 0 Å². The largest absolute Gasteiger partial charge is 0.360 e. The minimum Gasteiger partial charge on any atom is -0.360 e. The maximum atomic E-state index is 5.37. The fourth-order valence-electron chi connectivity index (χ4n) is 3.19. The second-order valence-corrected chi connectivity index (χ2v) is 6.44. The Labute approximate surface area is 132 Å². The Hall–Kier alpha value is -1.36. The van der Waals surface area contributed by atoms with Gasteiger partial charge >= 0.3 is 0 Å². The van der Waals surface area contributed by atoms with E-state index in [-0.39, 0.29) is 0 Å². The van der Waals surface area contributed by atoms with Crippen LogP contribution in [0, 0.1) is 0 Å². The Bertz CT molecular complexity index is 462. The van der Waals surface area contributed by atoms with Gasteiger partial charge in [-0.05, 0) is 56.5 Å². The predicted octanol–water partition coefficient (Wildman–Crippen LogP) is 3.30. The summed E-state index contributed by atoms with van der Waals surface area (Å²) in [7, 11) is 0. The topological polar surface area (TPSA) is 40.2 Å². The average Bonchev–Trinajstić information content (AvgIpc) is 3.02. The molecule has 0 aromatic carbocycles. The van der Waals surface area contributed by atoms with Crippen molar-refractivity contribution in [3.8, 4) is 0 Å². The predicted molar refractivity (Wildman–Crippen MR) is 91.9 cm³/mol. The van der Waals surface area contributed by atoms with Crippen LogP contribution in [0.1, 0.15) is 44.9 Å². The number of nitrogens with one attached hydrogen (secondary N) is 2. The quantitative estimate of drug-likeness (QED) is 0.839. The zero-order valence-electron chi connectivity index (χ0n) is 12.5. The first kappa shape index (κ1) is 14.6. The van der Waals surface area contributed by atoms with E-state index in [0.29, 0.717) is 6.04 Å². The summed E-state index contributed by atoms with van der Waals surface area (Å²) in [5.41, 5.74) is 0.964. The van der Waals surface area contributed by atoms with Gasteiger partial charge in [0.05, 0.1) is 11.9 Å². The Morgan fingerprint density at radius 2 is 1.86 bits per heavy atom. The Balaban J connectivity index is 1.52. The van der Waals surface area contributed by atoms with Gasteiger partial charge in [-0.25, -0.2) is 4.98 Å². The highest BCUT2D eigenvalue weighted by molar-refractivity contribution is 7.80. The van der Waals surface area contributed by atoms with Crippen LogP contribution in [0.5, 0.6) is 0 Å². The van der Waals surface area contributed by atoms with Crippen molar-refractivity contribution in [2.75, 3.05) is 23.3 Å². The first-order valence-electron chi connectivity index (χ1n) is 8.10. The number of anilines is 2. The first-order valence-corrected chi connectivity index (χ1v) is 8.50. The van der Waals surface area contributed by atoms with E-state index in [2.05, 4.69) is 32.7 Å². The average molecular weight is 304 g/mol. The van der Waals surface area contributed by atoms with E-state index in [1.807, 2.05) is 6.20 Å². The number of pyridine rings is 1. The highest BCUT2D eigenvalue weighted by atomic mass is 32.1. The van der Waals surface area contributed by atoms with Gasteiger partial charge in [0.15, 0.2) is 5.11 Å². The van der Waals surface area contributed by atoms with Crippen molar-refractivity contribution in [2.45, 2.75) is 51.0 Å². The SMILES string of the molecule is S=C(Nc1ccc(N2CCCCC2)nc1)NC1CCCC1. The van der Waals surface area contributed by atoms with Crippen LogP contribution in [0.3, 0.4) is 0 Å². The molecule has 1 aromatic heterocycles. The van der Waals surface area contributed by atoms with E-state index >= 15 is 0 Å². The van der Waals surface area contributed by atoms with Gasteiger partial charge in [-0.1, -0.05) is 12.8 Å². The lowest BCUT2D eigenvalue weighted by atomic mass is 10.1. The molecule has 2 N–H and O–H groups in total. The lowest BCUT2D eigenvalue weighted by Crippen LogP contribution is -2.36. The van der Waals surface area contributed by atoms with E-state index in [1.165, 1.54) is 44.9 Å². The standard InChI is InChI=1S/C16H24N4S/c21-16(18-13-6-2-3-7-13)19-14-8-9-15(17-12-14)20-10-4-1-5-11-20/h8-9,12-13H,1-7,10-11H2,(H2,18,19,21). The van der Waals surface area contributed by atoms with E-state index in [9.17, 15) is 0 Å².